The number of hydrogen-bond donors (Lipinski definition) is 2. The largest absolute Gasteiger partial charge is 0.481 e. The maximum Gasteiger partial charge on any atom is 0.306 e. The third kappa shape index (κ3) is 2.95. The number of hydrogen-bond acceptors (Lipinski definition) is 3. The van der Waals surface area contributed by atoms with Gasteiger partial charge in [0.25, 0.3) is 0 Å². The summed E-state index contributed by atoms with van der Waals surface area (Å²) in [4.78, 5) is 11.0. The molecule has 2 aliphatic rings. The highest BCUT2D eigenvalue weighted by Gasteiger charge is 2.32. The topological polar surface area (TPSA) is 58.6 Å². The Morgan fingerprint density at radius 1 is 1.31 bits per heavy atom. The van der Waals surface area contributed by atoms with Crippen molar-refractivity contribution in [2.24, 2.45) is 11.8 Å². The van der Waals surface area contributed by atoms with E-state index in [0.717, 1.165) is 51.9 Å². The normalized spacial score (nSPS) is 35.1. The van der Waals surface area contributed by atoms with Gasteiger partial charge < -0.3 is 15.2 Å². The molecule has 3 atom stereocenters. The Bertz CT molecular complexity index is 238. The molecule has 92 valence electrons. The van der Waals surface area contributed by atoms with E-state index >= 15 is 0 Å². The van der Waals surface area contributed by atoms with E-state index in [2.05, 4.69) is 5.32 Å². The Morgan fingerprint density at radius 2 is 2.19 bits per heavy atom. The summed E-state index contributed by atoms with van der Waals surface area (Å²) in [5, 5.41) is 12.5. The molecule has 16 heavy (non-hydrogen) atoms. The average Bonchev–Trinajstić information content (AvgIpc) is 2.76. The van der Waals surface area contributed by atoms with E-state index in [0.29, 0.717) is 12.0 Å². The molecule has 3 unspecified atom stereocenters. The second-order valence-electron chi connectivity index (χ2n) is 4.96. The van der Waals surface area contributed by atoms with E-state index in [1.54, 1.807) is 0 Å². The van der Waals surface area contributed by atoms with Gasteiger partial charge in [0.15, 0.2) is 0 Å². The summed E-state index contributed by atoms with van der Waals surface area (Å²) < 4.78 is 5.39. The molecule has 1 aliphatic heterocycles. The van der Waals surface area contributed by atoms with Crippen LogP contribution in [0.3, 0.4) is 0 Å². The summed E-state index contributed by atoms with van der Waals surface area (Å²) in [5.41, 5.74) is 0. The van der Waals surface area contributed by atoms with Gasteiger partial charge >= 0.3 is 5.97 Å². The van der Waals surface area contributed by atoms with Crippen LogP contribution < -0.4 is 5.32 Å². The molecule has 1 aliphatic carbocycles. The lowest BCUT2D eigenvalue weighted by Gasteiger charge is -2.25. The van der Waals surface area contributed by atoms with Gasteiger partial charge in [-0.1, -0.05) is 6.42 Å². The highest BCUT2D eigenvalue weighted by molar-refractivity contribution is 5.70. The molecule has 1 saturated carbocycles. The van der Waals surface area contributed by atoms with Crippen LogP contribution in [0.25, 0.3) is 0 Å². The number of nitrogens with one attached hydrogen (secondary N) is 1. The number of rotatable bonds is 4. The number of carbonyl (C=O) groups is 1. The Kier molecular flexibility index (Phi) is 4.18. The zero-order chi connectivity index (χ0) is 11.4. The van der Waals surface area contributed by atoms with E-state index in [-0.39, 0.29) is 5.92 Å². The minimum absolute atomic E-state index is 0.128. The van der Waals surface area contributed by atoms with Crippen LogP contribution in [-0.2, 0) is 9.53 Å². The Hall–Kier alpha value is -0.610. The Morgan fingerprint density at radius 3 is 2.88 bits per heavy atom. The molecule has 4 heteroatoms. The molecule has 1 heterocycles. The van der Waals surface area contributed by atoms with E-state index < -0.39 is 5.97 Å². The second kappa shape index (κ2) is 5.64. The Balaban J connectivity index is 1.73. The van der Waals surface area contributed by atoms with Gasteiger partial charge in [0.1, 0.15) is 0 Å². The van der Waals surface area contributed by atoms with Crippen molar-refractivity contribution in [1.82, 2.24) is 5.32 Å². The van der Waals surface area contributed by atoms with Gasteiger partial charge in [-0.3, -0.25) is 4.79 Å². The third-order valence-corrected chi connectivity index (χ3v) is 3.81. The molecule has 0 aromatic heterocycles. The smallest absolute Gasteiger partial charge is 0.306 e. The minimum atomic E-state index is -0.621. The molecule has 2 rings (SSSR count). The fourth-order valence-electron chi connectivity index (χ4n) is 2.83. The highest BCUT2D eigenvalue weighted by Crippen LogP contribution is 2.31. The lowest BCUT2D eigenvalue weighted by Crippen LogP contribution is -2.40. The quantitative estimate of drug-likeness (QED) is 0.759. The van der Waals surface area contributed by atoms with Crippen molar-refractivity contribution in [2.75, 3.05) is 19.8 Å². The van der Waals surface area contributed by atoms with Crippen molar-refractivity contribution < 1.29 is 14.6 Å². The SMILES string of the molecule is O=C(O)C1CCCC1CNC1CCCOC1. The van der Waals surface area contributed by atoms with Gasteiger partial charge in [-0.2, -0.15) is 0 Å². The van der Waals surface area contributed by atoms with Gasteiger partial charge in [0, 0.05) is 12.6 Å². The summed E-state index contributed by atoms with van der Waals surface area (Å²) in [7, 11) is 0. The molecule has 0 radical (unpaired) electrons. The molecule has 0 spiro atoms. The molecule has 0 amide bonds. The fraction of sp³-hybridized carbons (Fsp3) is 0.917. The van der Waals surface area contributed by atoms with E-state index in [4.69, 9.17) is 9.84 Å². The lowest BCUT2D eigenvalue weighted by molar-refractivity contribution is -0.142. The van der Waals surface area contributed by atoms with Crippen molar-refractivity contribution in [1.29, 1.82) is 0 Å². The molecule has 1 saturated heterocycles. The summed E-state index contributed by atoms with van der Waals surface area (Å²) in [5.74, 6) is -0.430. The molecular formula is C12H21NO3. The van der Waals surface area contributed by atoms with Crippen LogP contribution in [0.4, 0.5) is 0 Å². The van der Waals surface area contributed by atoms with Crippen LogP contribution in [0.5, 0.6) is 0 Å². The number of carboxylic acids is 1. The first-order valence-electron chi connectivity index (χ1n) is 6.31. The molecule has 0 bridgehead atoms. The molecular weight excluding hydrogens is 206 g/mol. The second-order valence-corrected chi connectivity index (χ2v) is 4.96. The summed E-state index contributed by atoms with van der Waals surface area (Å²) >= 11 is 0. The first-order valence-corrected chi connectivity index (χ1v) is 6.31. The van der Waals surface area contributed by atoms with E-state index in [1.165, 1.54) is 0 Å². The van der Waals surface area contributed by atoms with Gasteiger partial charge in [0.05, 0.1) is 12.5 Å². The van der Waals surface area contributed by atoms with Crippen molar-refractivity contribution >= 4 is 5.97 Å². The van der Waals surface area contributed by atoms with E-state index in [9.17, 15) is 4.79 Å². The van der Waals surface area contributed by atoms with Gasteiger partial charge in [-0.15, -0.1) is 0 Å². The van der Waals surface area contributed by atoms with Crippen LogP contribution in [0, 0.1) is 11.8 Å². The summed E-state index contributed by atoms with van der Waals surface area (Å²) in [6.45, 7) is 2.49. The van der Waals surface area contributed by atoms with Crippen LogP contribution in [-0.4, -0.2) is 36.9 Å². The molecule has 2 fully saturated rings. The maximum absolute atomic E-state index is 11.0. The summed E-state index contributed by atoms with van der Waals surface area (Å²) in [6.07, 6.45) is 5.24. The van der Waals surface area contributed by atoms with Crippen LogP contribution in [0.2, 0.25) is 0 Å². The third-order valence-electron chi connectivity index (χ3n) is 3.81. The van der Waals surface area contributed by atoms with Crippen LogP contribution >= 0.6 is 0 Å². The number of aliphatic carboxylic acids is 1. The number of carboxylic acid groups (broad SMARTS) is 1. The minimum Gasteiger partial charge on any atom is -0.481 e. The van der Waals surface area contributed by atoms with Crippen molar-refractivity contribution in [3.63, 3.8) is 0 Å². The zero-order valence-corrected chi connectivity index (χ0v) is 9.65. The van der Waals surface area contributed by atoms with Gasteiger partial charge in [0.2, 0.25) is 0 Å². The molecule has 0 aromatic carbocycles. The van der Waals surface area contributed by atoms with Crippen molar-refractivity contribution in [3.8, 4) is 0 Å². The Labute approximate surface area is 96.4 Å². The van der Waals surface area contributed by atoms with Gasteiger partial charge in [-0.05, 0) is 38.1 Å². The predicted molar refractivity (Wildman–Crippen MR) is 60.3 cm³/mol. The first kappa shape index (κ1) is 11.9. The van der Waals surface area contributed by atoms with Gasteiger partial charge in [-0.25, -0.2) is 0 Å². The molecule has 2 N–H and O–H groups in total. The zero-order valence-electron chi connectivity index (χ0n) is 9.65. The van der Waals surface area contributed by atoms with Crippen molar-refractivity contribution in [3.05, 3.63) is 0 Å². The van der Waals surface area contributed by atoms with Crippen molar-refractivity contribution in [2.45, 2.75) is 38.1 Å². The van der Waals surface area contributed by atoms with Crippen LogP contribution in [0.1, 0.15) is 32.1 Å². The van der Waals surface area contributed by atoms with Crippen LogP contribution in [0.15, 0.2) is 0 Å². The maximum atomic E-state index is 11.0. The molecule has 0 aromatic rings. The first-order chi connectivity index (χ1) is 7.77. The highest BCUT2D eigenvalue weighted by atomic mass is 16.5. The summed E-state index contributed by atoms with van der Waals surface area (Å²) in [6, 6.07) is 0.434. The lowest BCUT2D eigenvalue weighted by atomic mass is 9.95. The molecule has 4 nitrogen and oxygen atoms in total. The standard InChI is InChI=1S/C12H21NO3/c14-12(15)11-5-1-3-9(11)7-13-10-4-2-6-16-8-10/h9-11,13H,1-8H2,(H,14,15). The number of ether oxygens (including phenoxy) is 1. The fourth-order valence-corrected chi connectivity index (χ4v) is 2.83. The monoisotopic (exact) mass is 227 g/mol. The predicted octanol–water partition coefficient (Wildman–Crippen LogP) is 1.26. The average molecular weight is 227 g/mol. The van der Waals surface area contributed by atoms with E-state index in [1.807, 2.05) is 0 Å².